The van der Waals surface area contributed by atoms with Gasteiger partial charge in [-0.3, -0.25) is 4.79 Å². The number of rotatable bonds is 7. The molecule has 1 fully saturated rings. The molecular formula is C19H25N5O. The first-order valence-electron chi connectivity index (χ1n) is 8.91. The summed E-state index contributed by atoms with van der Waals surface area (Å²) in [6, 6.07) is 11.9. The average Bonchev–Trinajstić information content (AvgIpc) is 2.69. The molecule has 2 aromatic rings. The van der Waals surface area contributed by atoms with Crippen molar-refractivity contribution in [3.63, 3.8) is 0 Å². The van der Waals surface area contributed by atoms with Crippen LogP contribution in [0.1, 0.15) is 19.3 Å². The largest absolute Gasteiger partial charge is 0.385 e. The summed E-state index contributed by atoms with van der Waals surface area (Å²) in [7, 11) is 0. The molecule has 0 aliphatic carbocycles. The zero-order chi connectivity index (χ0) is 17.3. The standard InChI is InChI=1S/C19H25N5O/c25-18(21-11-4-10-20-17-6-2-1-3-7-17)16-8-14-24(15-9-16)19-22-12-5-13-23-19/h1-3,5-7,12-13,16,20H,4,8-11,14-15H2,(H,21,25). The Bertz CT molecular complexity index is 641. The fourth-order valence-corrected chi connectivity index (χ4v) is 3.03. The number of hydrogen-bond acceptors (Lipinski definition) is 5. The summed E-state index contributed by atoms with van der Waals surface area (Å²) >= 11 is 0. The summed E-state index contributed by atoms with van der Waals surface area (Å²) in [5, 5.41) is 6.41. The van der Waals surface area contributed by atoms with Gasteiger partial charge >= 0.3 is 0 Å². The minimum absolute atomic E-state index is 0.0991. The van der Waals surface area contributed by atoms with Gasteiger partial charge in [-0.05, 0) is 37.5 Å². The van der Waals surface area contributed by atoms with Gasteiger partial charge in [0.1, 0.15) is 0 Å². The molecule has 0 spiro atoms. The van der Waals surface area contributed by atoms with Gasteiger partial charge in [0.25, 0.3) is 0 Å². The maximum atomic E-state index is 12.3. The fraction of sp³-hybridized carbons (Fsp3) is 0.421. The van der Waals surface area contributed by atoms with E-state index in [1.54, 1.807) is 12.4 Å². The fourth-order valence-electron chi connectivity index (χ4n) is 3.03. The number of aromatic nitrogens is 2. The zero-order valence-electron chi connectivity index (χ0n) is 14.4. The first-order valence-corrected chi connectivity index (χ1v) is 8.91. The molecular weight excluding hydrogens is 314 g/mol. The van der Waals surface area contributed by atoms with E-state index < -0.39 is 0 Å². The Hall–Kier alpha value is -2.63. The second-order valence-corrected chi connectivity index (χ2v) is 6.25. The van der Waals surface area contributed by atoms with Crippen molar-refractivity contribution in [1.29, 1.82) is 0 Å². The van der Waals surface area contributed by atoms with Crippen molar-refractivity contribution in [3.8, 4) is 0 Å². The number of carbonyl (C=O) groups is 1. The summed E-state index contributed by atoms with van der Waals surface area (Å²) in [5.74, 6) is 1.03. The predicted octanol–water partition coefficient (Wildman–Crippen LogP) is 2.31. The van der Waals surface area contributed by atoms with Crippen molar-refractivity contribution in [2.24, 2.45) is 5.92 Å². The lowest BCUT2D eigenvalue weighted by Crippen LogP contribution is -2.41. The molecule has 1 saturated heterocycles. The third kappa shape index (κ3) is 5.17. The Morgan fingerprint density at radius 1 is 1.04 bits per heavy atom. The summed E-state index contributed by atoms with van der Waals surface area (Å²) in [6.07, 6.45) is 6.13. The van der Waals surface area contributed by atoms with Crippen molar-refractivity contribution in [2.45, 2.75) is 19.3 Å². The van der Waals surface area contributed by atoms with E-state index in [9.17, 15) is 4.79 Å². The van der Waals surface area contributed by atoms with E-state index in [0.29, 0.717) is 6.54 Å². The Kier molecular flexibility index (Phi) is 6.20. The van der Waals surface area contributed by atoms with Gasteiger partial charge < -0.3 is 15.5 Å². The molecule has 0 bridgehead atoms. The van der Waals surface area contributed by atoms with Crippen LogP contribution in [-0.2, 0) is 4.79 Å². The molecule has 0 radical (unpaired) electrons. The third-order valence-electron chi connectivity index (χ3n) is 4.46. The molecule has 132 valence electrons. The maximum Gasteiger partial charge on any atom is 0.225 e. The van der Waals surface area contributed by atoms with E-state index in [4.69, 9.17) is 0 Å². The second-order valence-electron chi connectivity index (χ2n) is 6.25. The number of anilines is 2. The molecule has 2 heterocycles. The Morgan fingerprint density at radius 3 is 2.48 bits per heavy atom. The first kappa shape index (κ1) is 17.2. The van der Waals surface area contributed by atoms with E-state index in [2.05, 4.69) is 25.5 Å². The summed E-state index contributed by atoms with van der Waals surface area (Å²) in [6.45, 7) is 3.23. The summed E-state index contributed by atoms with van der Waals surface area (Å²) in [4.78, 5) is 23.0. The van der Waals surface area contributed by atoms with Crippen LogP contribution < -0.4 is 15.5 Å². The summed E-state index contributed by atoms with van der Waals surface area (Å²) in [5.41, 5.74) is 1.12. The number of nitrogens with zero attached hydrogens (tertiary/aromatic N) is 3. The molecule has 1 aliphatic heterocycles. The van der Waals surface area contributed by atoms with Gasteiger partial charge in [0.2, 0.25) is 11.9 Å². The lowest BCUT2D eigenvalue weighted by Gasteiger charge is -2.31. The summed E-state index contributed by atoms with van der Waals surface area (Å²) < 4.78 is 0. The van der Waals surface area contributed by atoms with Crippen molar-refractivity contribution in [2.75, 3.05) is 36.4 Å². The molecule has 25 heavy (non-hydrogen) atoms. The highest BCUT2D eigenvalue weighted by Gasteiger charge is 2.25. The van der Waals surface area contributed by atoms with Gasteiger partial charge in [-0.1, -0.05) is 18.2 Å². The van der Waals surface area contributed by atoms with Crippen molar-refractivity contribution >= 4 is 17.5 Å². The number of carbonyl (C=O) groups excluding carboxylic acids is 1. The maximum absolute atomic E-state index is 12.3. The normalized spacial score (nSPS) is 15.0. The smallest absolute Gasteiger partial charge is 0.225 e. The number of hydrogen-bond donors (Lipinski definition) is 2. The monoisotopic (exact) mass is 339 g/mol. The Balaban J connectivity index is 1.31. The SMILES string of the molecule is O=C(NCCCNc1ccccc1)C1CCN(c2ncccn2)CC1. The van der Waals surface area contributed by atoms with Gasteiger partial charge in [0.15, 0.2) is 0 Å². The lowest BCUT2D eigenvalue weighted by molar-refractivity contribution is -0.125. The van der Waals surface area contributed by atoms with Crippen LogP contribution in [0, 0.1) is 5.92 Å². The lowest BCUT2D eigenvalue weighted by atomic mass is 9.96. The van der Waals surface area contributed by atoms with Gasteiger partial charge in [-0.15, -0.1) is 0 Å². The second kappa shape index (κ2) is 9.01. The van der Waals surface area contributed by atoms with Crippen LogP contribution in [-0.4, -0.2) is 42.1 Å². The zero-order valence-corrected chi connectivity index (χ0v) is 14.4. The molecule has 3 rings (SSSR count). The van der Waals surface area contributed by atoms with Crippen LogP contribution in [0.3, 0.4) is 0 Å². The van der Waals surface area contributed by atoms with Crippen LogP contribution in [0.25, 0.3) is 0 Å². The van der Waals surface area contributed by atoms with Gasteiger partial charge in [0, 0.05) is 50.2 Å². The quantitative estimate of drug-likeness (QED) is 0.758. The van der Waals surface area contributed by atoms with E-state index in [-0.39, 0.29) is 11.8 Å². The molecule has 2 N–H and O–H groups in total. The van der Waals surface area contributed by atoms with Crippen molar-refractivity contribution < 1.29 is 4.79 Å². The van der Waals surface area contributed by atoms with Crippen LogP contribution in [0.15, 0.2) is 48.8 Å². The Morgan fingerprint density at radius 2 is 1.76 bits per heavy atom. The molecule has 1 amide bonds. The van der Waals surface area contributed by atoms with Crippen molar-refractivity contribution in [1.82, 2.24) is 15.3 Å². The Labute approximate surface area is 148 Å². The number of amides is 1. The van der Waals surface area contributed by atoms with E-state index >= 15 is 0 Å². The third-order valence-corrected chi connectivity index (χ3v) is 4.46. The number of nitrogens with one attached hydrogen (secondary N) is 2. The highest BCUT2D eigenvalue weighted by molar-refractivity contribution is 5.78. The predicted molar refractivity (Wildman–Crippen MR) is 99.5 cm³/mol. The minimum atomic E-state index is 0.0991. The van der Waals surface area contributed by atoms with Crippen molar-refractivity contribution in [3.05, 3.63) is 48.8 Å². The van der Waals surface area contributed by atoms with Gasteiger partial charge in [-0.25, -0.2) is 9.97 Å². The number of para-hydroxylation sites is 1. The van der Waals surface area contributed by atoms with Crippen LogP contribution in [0.5, 0.6) is 0 Å². The molecule has 6 heteroatoms. The molecule has 1 aromatic heterocycles. The molecule has 1 aromatic carbocycles. The van der Waals surface area contributed by atoms with Gasteiger partial charge in [0.05, 0.1) is 0 Å². The average molecular weight is 339 g/mol. The molecule has 0 unspecified atom stereocenters. The van der Waals surface area contributed by atoms with Crippen LogP contribution in [0.2, 0.25) is 0 Å². The topological polar surface area (TPSA) is 70.2 Å². The molecule has 0 atom stereocenters. The van der Waals surface area contributed by atoms with Crippen LogP contribution >= 0.6 is 0 Å². The minimum Gasteiger partial charge on any atom is -0.385 e. The molecule has 0 saturated carbocycles. The molecule has 1 aliphatic rings. The van der Waals surface area contributed by atoms with Gasteiger partial charge in [-0.2, -0.15) is 0 Å². The number of benzene rings is 1. The highest BCUT2D eigenvalue weighted by atomic mass is 16.1. The van der Waals surface area contributed by atoms with Crippen LogP contribution in [0.4, 0.5) is 11.6 Å². The van der Waals surface area contributed by atoms with E-state index in [0.717, 1.165) is 50.5 Å². The molecule has 6 nitrogen and oxygen atoms in total. The number of piperidine rings is 1. The van der Waals surface area contributed by atoms with E-state index in [1.807, 2.05) is 36.4 Å². The van der Waals surface area contributed by atoms with E-state index in [1.165, 1.54) is 0 Å². The first-order chi connectivity index (χ1) is 12.3. The highest BCUT2D eigenvalue weighted by Crippen LogP contribution is 2.20.